The lowest BCUT2D eigenvalue weighted by Gasteiger charge is -2.13. The number of nitrogens with one attached hydrogen (secondary N) is 1. The summed E-state index contributed by atoms with van der Waals surface area (Å²) in [7, 11) is 1.34. The van der Waals surface area contributed by atoms with Crippen LogP contribution in [0.1, 0.15) is 11.1 Å². The number of amides is 1. The number of hydrogen-bond donors (Lipinski definition) is 1. The van der Waals surface area contributed by atoms with Gasteiger partial charge in [0.15, 0.2) is 0 Å². The lowest BCUT2D eigenvalue weighted by Crippen LogP contribution is -2.14. The molecule has 1 amide bonds. The van der Waals surface area contributed by atoms with Crippen LogP contribution in [-0.4, -0.2) is 17.9 Å². The molecule has 8 nitrogen and oxygen atoms in total. The number of methoxy groups -OCH3 is 1. The van der Waals surface area contributed by atoms with Crippen LogP contribution in [0.5, 0.6) is 11.5 Å². The van der Waals surface area contributed by atoms with Gasteiger partial charge >= 0.3 is 0 Å². The van der Waals surface area contributed by atoms with Crippen molar-refractivity contribution >= 4 is 34.1 Å². The molecule has 0 saturated heterocycles. The van der Waals surface area contributed by atoms with Crippen LogP contribution in [0.2, 0.25) is 0 Å². The highest BCUT2D eigenvalue weighted by molar-refractivity contribution is 6.11. The number of nitro groups is 1. The second-order valence-electron chi connectivity index (χ2n) is 7.74. The third-order valence-electron chi connectivity index (χ3n) is 5.47. The van der Waals surface area contributed by atoms with Crippen LogP contribution in [0.4, 0.5) is 11.4 Å². The molecule has 0 aliphatic rings. The van der Waals surface area contributed by atoms with Gasteiger partial charge in [-0.15, -0.1) is 0 Å². The lowest BCUT2D eigenvalue weighted by atomic mass is 10.0. The molecule has 4 aromatic rings. The number of benzene rings is 4. The Morgan fingerprint density at radius 1 is 1.03 bits per heavy atom. The minimum absolute atomic E-state index is 0.104. The van der Waals surface area contributed by atoms with Crippen molar-refractivity contribution in [3.8, 4) is 17.6 Å². The Labute approximate surface area is 207 Å². The molecule has 0 bridgehead atoms. The summed E-state index contributed by atoms with van der Waals surface area (Å²) in [6.07, 6.45) is 1.48. The van der Waals surface area contributed by atoms with Gasteiger partial charge in [-0.25, -0.2) is 0 Å². The molecule has 0 radical (unpaired) electrons. The first-order chi connectivity index (χ1) is 17.5. The molecule has 0 spiro atoms. The zero-order chi connectivity index (χ0) is 25.5. The number of nitriles is 1. The van der Waals surface area contributed by atoms with E-state index in [2.05, 4.69) is 5.32 Å². The number of fused-ring (bicyclic) bond motifs is 1. The van der Waals surface area contributed by atoms with Gasteiger partial charge in [0, 0.05) is 11.6 Å². The highest BCUT2D eigenvalue weighted by atomic mass is 16.6. The fourth-order valence-corrected chi connectivity index (χ4v) is 3.66. The number of carbonyl (C=O) groups excluding carboxylic acids is 1. The molecule has 178 valence electrons. The van der Waals surface area contributed by atoms with Gasteiger partial charge in [-0.2, -0.15) is 5.26 Å². The van der Waals surface area contributed by atoms with Gasteiger partial charge in [-0.3, -0.25) is 14.9 Å². The fraction of sp³-hybridized carbons (Fsp3) is 0.0714. The van der Waals surface area contributed by atoms with E-state index in [0.717, 1.165) is 16.3 Å². The number of anilines is 1. The molecule has 0 aliphatic heterocycles. The van der Waals surface area contributed by atoms with Crippen LogP contribution in [0.25, 0.3) is 16.8 Å². The van der Waals surface area contributed by atoms with Crippen LogP contribution < -0.4 is 14.8 Å². The largest absolute Gasteiger partial charge is 0.494 e. The van der Waals surface area contributed by atoms with Crippen molar-refractivity contribution in [2.75, 3.05) is 12.4 Å². The zero-order valence-electron chi connectivity index (χ0n) is 19.3. The van der Waals surface area contributed by atoms with Crippen molar-refractivity contribution < 1.29 is 19.2 Å². The fourth-order valence-electron chi connectivity index (χ4n) is 3.66. The topological polar surface area (TPSA) is 114 Å². The quantitative estimate of drug-likeness (QED) is 0.146. The normalized spacial score (nSPS) is 10.9. The van der Waals surface area contributed by atoms with E-state index in [1.807, 2.05) is 72.8 Å². The Kier molecular flexibility index (Phi) is 7.22. The van der Waals surface area contributed by atoms with Gasteiger partial charge < -0.3 is 14.8 Å². The Balaban J connectivity index is 1.69. The van der Waals surface area contributed by atoms with E-state index < -0.39 is 10.8 Å². The predicted octanol–water partition coefficient (Wildman–Crippen LogP) is 5.88. The maximum Gasteiger partial charge on any atom is 0.273 e. The van der Waals surface area contributed by atoms with E-state index in [-0.39, 0.29) is 22.7 Å². The van der Waals surface area contributed by atoms with E-state index in [1.165, 1.54) is 31.4 Å². The van der Waals surface area contributed by atoms with Gasteiger partial charge in [0.2, 0.25) is 0 Å². The molecule has 0 aliphatic carbocycles. The number of nitrogens with zero attached hydrogens (tertiary/aromatic N) is 2. The highest BCUT2D eigenvalue weighted by Crippen LogP contribution is 2.32. The summed E-state index contributed by atoms with van der Waals surface area (Å²) in [6, 6.07) is 26.7. The SMILES string of the molecule is COc1cc([N+](=O)[O-])ccc1NC(=O)/C(C#N)=C/c1c(OCc2ccccc2)ccc2ccccc12. The minimum atomic E-state index is -0.688. The Morgan fingerprint density at radius 3 is 2.50 bits per heavy atom. The van der Waals surface area contributed by atoms with Crippen molar-refractivity contribution in [2.24, 2.45) is 0 Å². The summed E-state index contributed by atoms with van der Waals surface area (Å²) in [5.41, 5.74) is 1.41. The maximum absolute atomic E-state index is 13.0. The predicted molar refractivity (Wildman–Crippen MR) is 137 cm³/mol. The van der Waals surface area contributed by atoms with Crippen molar-refractivity contribution in [3.05, 3.63) is 112 Å². The summed E-state index contributed by atoms with van der Waals surface area (Å²) >= 11 is 0. The van der Waals surface area contributed by atoms with Gasteiger partial charge in [-0.1, -0.05) is 60.7 Å². The number of non-ortho nitro benzene ring substituents is 1. The Bertz CT molecular complexity index is 1510. The molecular formula is C28H21N3O5. The van der Waals surface area contributed by atoms with Crippen molar-refractivity contribution in [1.82, 2.24) is 0 Å². The number of carbonyl (C=O) groups is 1. The third kappa shape index (κ3) is 5.32. The van der Waals surface area contributed by atoms with E-state index in [0.29, 0.717) is 17.9 Å². The molecule has 4 aromatic carbocycles. The summed E-state index contributed by atoms with van der Waals surface area (Å²) in [5, 5.41) is 25.2. The molecule has 0 heterocycles. The number of nitro benzene ring substituents is 1. The average molecular weight is 479 g/mol. The first-order valence-corrected chi connectivity index (χ1v) is 10.9. The molecular weight excluding hydrogens is 458 g/mol. The van der Waals surface area contributed by atoms with E-state index in [9.17, 15) is 20.2 Å². The van der Waals surface area contributed by atoms with Gasteiger partial charge in [0.25, 0.3) is 11.6 Å². The van der Waals surface area contributed by atoms with Crippen LogP contribution in [0.3, 0.4) is 0 Å². The first-order valence-electron chi connectivity index (χ1n) is 10.9. The van der Waals surface area contributed by atoms with Gasteiger partial charge in [-0.05, 0) is 34.5 Å². The monoisotopic (exact) mass is 479 g/mol. The summed E-state index contributed by atoms with van der Waals surface area (Å²) in [4.78, 5) is 23.5. The molecule has 0 aromatic heterocycles. The van der Waals surface area contributed by atoms with Gasteiger partial charge in [0.1, 0.15) is 29.7 Å². The van der Waals surface area contributed by atoms with Crippen molar-refractivity contribution in [1.29, 1.82) is 5.26 Å². The van der Waals surface area contributed by atoms with E-state index in [4.69, 9.17) is 9.47 Å². The second kappa shape index (κ2) is 10.8. The van der Waals surface area contributed by atoms with Crippen LogP contribution in [0.15, 0.2) is 90.5 Å². The zero-order valence-corrected chi connectivity index (χ0v) is 19.3. The third-order valence-corrected chi connectivity index (χ3v) is 5.47. The Hall–Kier alpha value is -5.16. The van der Waals surface area contributed by atoms with Gasteiger partial charge in [0.05, 0.1) is 23.8 Å². The molecule has 36 heavy (non-hydrogen) atoms. The second-order valence-corrected chi connectivity index (χ2v) is 7.74. The maximum atomic E-state index is 13.0. The Morgan fingerprint density at radius 2 is 1.78 bits per heavy atom. The van der Waals surface area contributed by atoms with Crippen LogP contribution in [0, 0.1) is 21.4 Å². The smallest absolute Gasteiger partial charge is 0.273 e. The number of ether oxygens (including phenoxy) is 2. The minimum Gasteiger partial charge on any atom is -0.494 e. The summed E-state index contributed by atoms with van der Waals surface area (Å²) < 4.78 is 11.3. The summed E-state index contributed by atoms with van der Waals surface area (Å²) in [5.74, 6) is -0.0653. The van der Waals surface area contributed by atoms with Crippen molar-refractivity contribution in [2.45, 2.75) is 6.61 Å². The molecule has 1 N–H and O–H groups in total. The molecule has 0 saturated carbocycles. The molecule has 0 fully saturated rings. The van der Waals surface area contributed by atoms with E-state index in [1.54, 1.807) is 0 Å². The highest BCUT2D eigenvalue weighted by Gasteiger charge is 2.17. The first kappa shape index (κ1) is 24.0. The molecule has 4 rings (SSSR count). The lowest BCUT2D eigenvalue weighted by molar-refractivity contribution is -0.384. The van der Waals surface area contributed by atoms with Crippen molar-refractivity contribution in [3.63, 3.8) is 0 Å². The molecule has 0 atom stereocenters. The molecule has 0 unspecified atom stereocenters. The molecule has 8 heteroatoms. The van der Waals surface area contributed by atoms with Crippen LogP contribution >= 0.6 is 0 Å². The standard InChI is InChI=1S/C28H21N3O5/c1-35-27-16-22(31(33)34)12-13-25(27)30-28(32)21(17-29)15-24-23-10-6-5-9-20(23)11-14-26(24)36-18-19-7-3-2-4-8-19/h2-16H,18H2,1H3,(H,30,32)/b21-15+. The number of rotatable bonds is 8. The number of hydrogen-bond acceptors (Lipinski definition) is 6. The summed E-state index contributed by atoms with van der Waals surface area (Å²) in [6.45, 7) is 0.314. The van der Waals surface area contributed by atoms with E-state index >= 15 is 0 Å². The average Bonchev–Trinajstić information content (AvgIpc) is 2.91. The van der Waals surface area contributed by atoms with Crippen LogP contribution in [-0.2, 0) is 11.4 Å².